The number of hydrogen-bond donors (Lipinski definition) is 1. The predicted octanol–water partition coefficient (Wildman–Crippen LogP) is 3.54. The van der Waals surface area contributed by atoms with Gasteiger partial charge in [0.15, 0.2) is 0 Å². The molecule has 1 saturated heterocycles. The van der Waals surface area contributed by atoms with E-state index in [4.69, 9.17) is 4.74 Å². The van der Waals surface area contributed by atoms with Gasteiger partial charge in [-0.25, -0.2) is 0 Å². The summed E-state index contributed by atoms with van der Waals surface area (Å²) < 4.78 is 7.54. The van der Waals surface area contributed by atoms with Crippen LogP contribution in [0.1, 0.15) is 55.9 Å². The summed E-state index contributed by atoms with van der Waals surface area (Å²) in [7, 11) is 0. The third kappa shape index (κ3) is 5.02. The van der Waals surface area contributed by atoms with Crippen molar-refractivity contribution in [1.82, 2.24) is 19.7 Å². The van der Waals surface area contributed by atoms with E-state index >= 15 is 0 Å². The van der Waals surface area contributed by atoms with Gasteiger partial charge in [0, 0.05) is 37.9 Å². The summed E-state index contributed by atoms with van der Waals surface area (Å²) >= 11 is 0. The van der Waals surface area contributed by atoms with Crippen LogP contribution in [0.25, 0.3) is 11.3 Å². The lowest BCUT2D eigenvalue weighted by Crippen LogP contribution is -2.66. The Labute approximate surface area is 208 Å². The lowest BCUT2D eigenvalue weighted by Gasteiger charge is -2.45. The van der Waals surface area contributed by atoms with Crippen LogP contribution in [-0.2, 0) is 16.1 Å². The average molecular weight is 479 g/mol. The smallest absolute Gasteiger partial charge is 0.271 e. The summed E-state index contributed by atoms with van der Waals surface area (Å²) in [4.78, 5) is 32.0. The summed E-state index contributed by atoms with van der Waals surface area (Å²) in [6, 6.07) is 14.2. The van der Waals surface area contributed by atoms with Gasteiger partial charge in [0.05, 0.1) is 19.8 Å². The van der Waals surface area contributed by atoms with E-state index in [9.17, 15) is 9.59 Å². The molecule has 7 nitrogen and oxygen atoms in total. The van der Waals surface area contributed by atoms with Gasteiger partial charge in [-0.05, 0) is 37.5 Å². The summed E-state index contributed by atoms with van der Waals surface area (Å²) in [5, 5.41) is 3.36. The van der Waals surface area contributed by atoms with Crippen LogP contribution < -0.4 is 5.32 Å². The van der Waals surface area contributed by atoms with Crippen LogP contribution in [0.15, 0.2) is 42.5 Å². The van der Waals surface area contributed by atoms with E-state index < -0.39 is 5.54 Å². The minimum Gasteiger partial charge on any atom is -0.379 e. The third-order valence-electron chi connectivity index (χ3n) is 8.00. The van der Waals surface area contributed by atoms with Crippen LogP contribution in [0, 0.1) is 0 Å². The van der Waals surface area contributed by atoms with E-state index in [1.165, 1.54) is 12.8 Å². The molecule has 1 N–H and O–H groups in total. The summed E-state index contributed by atoms with van der Waals surface area (Å²) in [6.07, 6.45) is 6.82. The first-order chi connectivity index (χ1) is 17.1. The predicted molar refractivity (Wildman–Crippen MR) is 136 cm³/mol. The van der Waals surface area contributed by atoms with Crippen molar-refractivity contribution in [3.8, 4) is 11.3 Å². The molecule has 1 saturated carbocycles. The number of morpholine rings is 1. The van der Waals surface area contributed by atoms with Crippen molar-refractivity contribution in [3.63, 3.8) is 0 Å². The molecule has 1 aromatic heterocycles. The van der Waals surface area contributed by atoms with Crippen molar-refractivity contribution in [3.05, 3.63) is 48.2 Å². The number of benzene rings is 1. The molecule has 1 aliphatic carbocycles. The summed E-state index contributed by atoms with van der Waals surface area (Å²) in [5.74, 6) is -0.0942. The fraction of sp³-hybridized carbons (Fsp3) is 0.571. The van der Waals surface area contributed by atoms with Crippen molar-refractivity contribution >= 4 is 11.8 Å². The maximum absolute atomic E-state index is 13.9. The molecule has 1 atom stereocenters. The normalized spacial score (nSPS) is 24.1. The van der Waals surface area contributed by atoms with Crippen LogP contribution in [0.3, 0.4) is 0 Å². The zero-order valence-electron chi connectivity index (χ0n) is 20.9. The average Bonchev–Trinajstić information content (AvgIpc) is 3.13. The maximum Gasteiger partial charge on any atom is 0.271 e. The Bertz CT molecular complexity index is 1020. The highest BCUT2D eigenvalue weighted by Crippen LogP contribution is 2.33. The first-order valence-electron chi connectivity index (χ1n) is 13.2. The fourth-order valence-electron chi connectivity index (χ4n) is 5.81. The molecular formula is C28H38N4O3. The van der Waals surface area contributed by atoms with E-state index in [0.717, 1.165) is 69.8 Å². The van der Waals surface area contributed by atoms with Crippen molar-refractivity contribution < 1.29 is 14.3 Å². The number of carbonyl (C=O) groups is 2. The topological polar surface area (TPSA) is 66.8 Å². The first kappa shape index (κ1) is 24.1. The number of rotatable bonds is 6. The Balaban J connectivity index is 1.44. The minimum absolute atomic E-state index is 0.0295. The molecule has 3 heterocycles. The Morgan fingerprint density at radius 1 is 0.971 bits per heavy atom. The van der Waals surface area contributed by atoms with E-state index in [0.29, 0.717) is 18.8 Å². The molecule has 7 heteroatoms. The van der Waals surface area contributed by atoms with Crippen LogP contribution in [-0.4, -0.2) is 77.2 Å². The van der Waals surface area contributed by atoms with Gasteiger partial charge in [-0.15, -0.1) is 0 Å². The molecule has 3 aliphatic rings. The minimum atomic E-state index is -0.953. The molecule has 2 aromatic rings. The second-order valence-corrected chi connectivity index (χ2v) is 10.4. The second-order valence-electron chi connectivity index (χ2n) is 10.4. The number of ether oxygens (including phenoxy) is 1. The van der Waals surface area contributed by atoms with Gasteiger partial charge < -0.3 is 19.5 Å². The number of carbonyl (C=O) groups excluding carboxylic acids is 2. The van der Waals surface area contributed by atoms with Gasteiger partial charge in [-0.3, -0.25) is 14.5 Å². The molecule has 0 unspecified atom stereocenters. The first-order valence-corrected chi connectivity index (χ1v) is 13.2. The van der Waals surface area contributed by atoms with Crippen molar-refractivity contribution in [2.24, 2.45) is 0 Å². The van der Waals surface area contributed by atoms with Crippen molar-refractivity contribution in [1.29, 1.82) is 0 Å². The number of hydrogen-bond acceptors (Lipinski definition) is 4. The number of nitrogens with zero attached hydrogens (tertiary/aromatic N) is 3. The summed E-state index contributed by atoms with van der Waals surface area (Å²) in [6.45, 7) is 6.84. The molecule has 2 aliphatic heterocycles. The summed E-state index contributed by atoms with van der Waals surface area (Å²) in [5.41, 5.74) is 1.74. The monoisotopic (exact) mass is 478 g/mol. The molecule has 0 bridgehead atoms. The standard InChI is InChI=1S/C28H38N4O3/c1-28(27(34)29-23-11-7-2-3-8-12-23)21-31-24(22-9-5-4-6-10-22)13-14-25(31)26(33)32(28)16-15-30-17-19-35-20-18-30/h4-6,9-10,13-14,23H,2-3,7-8,11-12,15-21H2,1H3,(H,29,34)/t28-/m0/s1. The van der Waals surface area contributed by atoms with E-state index in [1.54, 1.807) is 0 Å². The molecule has 188 valence electrons. The lowest BCUT2D eigenvalue weighted by atomic mass is 9.93. The molecule has 35 heavy (non-hydrogen) atoms. The number of aromatic nitrogens is 1. The Kier molecular flexibility index (Phi) is 7.25. The molecule has 0 radical (unpaired) electrons. The molecule has 0 spiro atoms. The number of fused-ring (bicyclic) bond motifs is 1. The Hall–Kier alpha value is -2.64. The lowest BCUT2D eigenvalue weighted by molar-refractivity contribution is -0.133. The quantitative estimate of drug-likeness (QED) is 0.645. The zero-order chi connectivity index (χ0) is 24.3. The van der Waals surface area contributed by atoms with Gasteiger partial charge in [-0.2, -0.15) is 0 Å². The van der Waals surface area contributed by atoms with Gasteiger partial charge in [-0.1, -0.05) is 56.0 Å². The fourth-order valence-corrected chi connectivity index (χ4v) is 5.81. The van der Waals surface area contributed by atoms with Gasteiger partial charge in [0.2, 0.25) is 5.91 Å². The molecule has 5 rings (SSSR count). The van der Waals surface area contributed by atoms with Crippen LogP contribution in [0.4, 0.5) is 0 Å². The van der Waals surface area contributed by atoms with E-state index in [-0.39, 0.29) is 17.9 Å². The second kappa shape index (κ2) is 10.5. The van der Waals surface area contributed by atoms with Gasteiger partial charge in [0.1, 0.15) is 11.2 Å². The highest BCUT2D eigenvalue weighted by atomic mass is 16.5. The maximum atomic E-state index is 13.9. The molecule has 2 amide bonds. The Morgan fingerprint density at radius 2 is 1.66 bits per heavy atom. The van der Waals surface area contributed by atoms with Crippen LogP contribution >= 0.6 is 0 Å². The zero-order valence-corrected chi connectivity index (χ0v) is 20.9. The van der Waals surface area contributed by atoms with E-state index in [1.807, 2.05) is 42.2 Å². The SMILES string of the molecule is C[C@@]1(C(=O)NC2CCCCCC2)Cn2c(ccc2-c2ccccc2)C(=O)N1CCN1CCOCC1. The molecular weight excluding hydrogens is 440 g/mol. The highest BCUT2D eigenvalue weighted by molar-refractivity contribution is 6.00. The molecule has 2 fully saturated rings. The van der Waals surface area contributed by atoms with E-state index in [2.05, 4.69) is 26.9 Å². The van der Waals surface area contributed by atoms with Crippen molar-refractivity contribution in [2.45, 2.75) is 63.6 Å². The van der Waals surface area contributed by atoms with Crippen LogP contribution in [0.2, 0.25) is 0 Å². The Morgan fingerprint density at radius 3 is 2.37 bits per heavy atom. The van der Waals surface area contributed by atoms with Gasteiger partial charge >= 0.3 is 0 Å². The van der Waals surface area contributed by atoms with Crippen LogP contribution in [0.5, 0.6) is 0 Å². The van der Waals surface area contributed by atoms with Gasteiger partial charge in [0.25, 0.3) is 5.91 Å². The third-order valence-corrected chi connectivity index (χ3v) is 8.00. The van der Waals surface area contributed by atoms with Crippen molar-refractivity contribution in [2.75, 3.05) is 39.4 Å². The number of amides is 2. The highest BCUT2D eigenvalue weighted by Gasteiger charge is 2.48. The molecule has 1 aromatic carbocycles. The number of nitrogens with one attached hydrogen (secondary N) is 1. The largest absolute Gasteiger partial charge is 0.379 e.